The Morgan fingerprint density at radius 2 is 1.89 bits per heavy atom. The Labute approximate surface area is 206 Å². The maximum absolute atomic E-state index is 13.6. The quantitative estimate of drug-likeness (QED) is 0.346. The van der Waals surface area contributed by atoms with Crippen molar-refractivity contribution in [1.29, 1.82) is 0 Å². The molecule has 1 saturated heterocycles. The minimum atomic E-state index is -3.01. The Kier molecular flexibility index (Phi) is 6.26. The Hall–Kier alpha value is -4.08. The minimum absolute atomic E-state index is 0.102. The molecule has 186 valence electrons. The monoisotopic (exact) mass is 493 g/mol. The van der Waals surface area contributed by atoms with Gasteiger partial charge in [-0.05, 0) is 50.1 Å². The number of rotatable bonds is 5. The first-order chi connectivity index (χ1) is 17.3. The number of alkyl halides is 2. The van der Waals surface area contributed by atoms with Gasteiger partial charge in [0.25, 0.3) is 5.92 Å². The Morgan fingerprint density at radius 1 is 1.08 bits per heavy atom. The van der Waals surface area contributed by atoms with Gasteiger partial charge in [0, 0.05) is 44.0 Å². The average molecular weight is 494 g/mol. The maximum Gasteiger partial charge on any atom is 0.415 e. The number of hydrogen-bond acceptors (Lipinski definition) is 6. The second kappa shape index (κ2) is 9.52. The van der Waals surface area contributed by atoms with Gasteiger partial charge in [0.05, 0.1) is 11.1 Å². The molecule has 0 saturated carbocycles. The van der Waals surface area contributed by atoms with Crippen molar-refractivity contribution in [3.8, 4) is 17.4 Å². The highest BCUT2D eigenvalue weighted by molar-refractivity contribution is 5.81. The first-order valence-electron chi connectivity index (χ1n) is 11.7. The van der Waals surface area contributed by atoms with E-state index in [9.17, 15) is 13.6 Å². The van der Waals surface area contributed by atoms with E-state index in [1.807, 2.05) is 25.3 Å². The fourth-order valence-electron chi connectivity index (χ4n) is 4.33. The van der Waals surface area contributed by atoms with E-state index in [0.717, 1.165) is 23.7 Å². The molecule has 1 aromatic carbocycles. The van der Waals surface area contributed by atoms with Crippen LogP contribution >= 0.6 is 0 Å². The van der Waals surface area contributed by atoms with Crippen LogP contribution in [0, 0.1) is 6.92 Å². The first kappa shape index (κ1) is 23.7. The summed E-state index contributed by atoms with van der Waals surface area (Å²) in [6.45, 7) is 3.61. The van der Waals surface area contributed by atoms with Crippen molar-refractivity contribution in [3.05, 3.63) is 72.4 Å². The average Bonchev–Trinajstić information content (AvgIpc) is 3.30. The van der Waals surface area contributed by atoms with Crippen LogP contribution in [0.1, 0.15) is 37.1 Å². The molecule has 4 aromatic rings. The molecule has 0 atom stereocenters. The molecule has 4 heterocycles. The summed E-state index contributed by atoms with van der Waals surface area (Å²) in [4.78, 5) is 27.3. The Morgan fingerprint density at radius 3 is 2.64 bits per heavy atom. The van der Waals surface area contributed by atoms with Gasteiger partial charge in [0.15, 0.2) is 5.75 Å². The number of pyridine rings is 1. The number of nitrogens with zero attached hydrogens (tertiary/aromatic N) is 5. The number of amides is 1. The number of carbonyl (C=O) groups excluding carboxylic acids is 1. The zero-order valence-electron chi connectivity index (χ0n) is 19.9. The lowest BCUT2D eigenvalue weighted by Gasteiger charge is -2.32. The number of ether oxygens (including phenoxy) is 2. The zero-order valence-corrected chi connectivity index (χ0v) is 19.9. The molecule has 1 fully saturated rings. The van der Waals surface area contributed by atoms with Gasteiger partial charge >= 0.3 is 6.09 Å². The van der Waals surface area contributed by atoms with Crippen LogP contribution in [0.3, 0.4) is 0 Å². The van der Waals surface area contributed by atoms with Crippen LogP contribution in [0.15, 0.2) is 61.2 Å². The van der Waals surface area contributed by atoms with E-state index in [2.05, 4.69) is 19.5 Å². The van der Waals surface area contributed by atoms with Crippen molar-refractivity contribution in [2.75, 3.05) is 13.1 Å². The molecule has 0 spiro atoms. The molecule has 0 N–H and O–H groups in total. The second-order valence-electron chi connectivity index (χ2n) is 8.83. The summed E-state index contributed by atoms with van der Waals surface area (Å²) in [5.74, 6) is -1.82. The summed E-state index contributed by atoms with van der Waals surface area (Å²) in [6, 6.07) is 11.1. The van der Waals surface area contributed by atoms with E-state index in [4.69, 9.17) is 9.47 Å². The number of carbonyl (C=O) groups is 1. The van der Waals surface area contributed by atoms with Gasteiger partial charge in [-0.1, -0.05) is 12.1 Å². The largest absolute Gasteiger partial charge is 0.436 e. The molecule has 8 nitrogen and oxygen atoms in total. The second-order valence-corrected chi connectivity index (χ2v) is 8.83. The molecule has 0 aliphatic carbocycles. The van der Waals surface area contributed by atoms with Gasteiger partial charge in [-0.2, -0.15) is 0 Å². The third-order valence-corrected chi connectivity index (χ3v) is 6.30. The topological polar surface area (TPSA) is 82.4 Å². The van der Waals surface area contributed by atoms with E-state index >= 15 is 0 Å². The standard InChI is InChI=1S/C26H25F2N5O3/c1-17-22(7-4-11-29-17)36-24-21-10-14-33(23(21)30-16-31-24)19-8-12-32(13-9-19)25(34)35-20-6-3-5-18(15-20)26(2,27)28/h3-7,10-11,14-16,19H,8-9,12-13H2,1-2H3. The van der Waals surface area contributed by atoms with Crippen LogP contribution in [0.25, 0.3) is 11.0 Å². The fraction of sp³-hybridized carbons (Fsp3) is 0.308. The number of halogens is 2. The molecular weight excluding hydrogens is 468 g/mol. The number of hydrogen-bond donors (Lipinski definition) is 0. The van der Waals surface area contributed by atoms with Crippen molar-refractivity contribution in [2.45, 2.75) is 38.7 Å². The minimum Gasteiger partial charge on any atom is -0.436 e. The van der Waals surface area contributed by atoms with Crippen LogP contribution in [-0.4, -0.2) is 43.6 Å². The lowest BCUT2D eigenvalue weighted by atomic mass is 10.1. The summed E-state index contributed by atoms with van der Waals surface area (Å²) in [5, 5.41) is 0.787. The van der Waals surface area contributed by atoms with Crippen LogP contribution in [-0.2, 0) is 5.92 Å². The Balaban J connectivity index is 1.26. The Bertz CT molecular complexity index is 1390. The molecule has 3 aromatic heterocycles. The van der Waals surface area contributed by atoms with Gasteiger partial charge in [0.1, 0.15) is 17.7 Å². The lowest BCUT2D eigenvalue weighted by molar-refractivity contribution is 0.0172. The highest BCUT2D eigenvalue weighted by Crippen LogP contribution is 2.33. The number of likely N-dealkylation sites (tertiary alicyclic amines) is 1. The molecule has 5 rings (SSSR count). The summed E-state index contributed by atoms with van der Waals surface area (Å²) < 4.78 is 40.7. The third-order valence-electron chi connectivity index (χ3n) is 6.30. The number of aromatic nitrogens is 4. The molecule has 36 heavy (non-hydrogen) atoms. The zero-order chi connectivity index (χ0) is 25.3. The van der Waals surface area contributed by atoms with E-state index in [1.165, 1.54) is 30.6 Å². The van der Waals surface area contributed by atoms with Crippen LogP contribution in [0.5, 0.6) is 17.4 Å². The van der Waals surface area contributed by atoms with Gasteiger partial charge in [-0.25, -0.2) is 23.5 Å². The third kappa shape index (κ3) is 4.84. The van der Waals surface area contributed by atoms with E-state index in [-0.39, 0.29) is 17.4 Å². The van der Waals surface area contributed by atoms with Crippen molar-refractivity contribution in [1.82, 2.24) is 24.4 Å². The summed E-state index contributed by atoms with van der Waals surface area (Å²) in [6.07, 6.45) is 5.96. The van der Waals surface area contributed by atoms with Crippen LogP contribution < -0.4 is 9.47 Å². The van der Waals surface area contributed by atoms with E-state index in [0.29, 0.717) is 37.6 Å². The number of aryl methyl sites for hydroxylation is 1. The SMILES string of the molecule is Cc1ncccc1Oc1ncnc2c1ccn2C1CCN(C(=O)Oc2cccc(C(C)(F)F)c2)CC1. The van der Waals surface area contributed by atoms with E-state index < -0.39 is 12.0 Å². The molecule has 1 aliphatic rings. The smallest absolute Gasteiger partial charge is 0.415 e. The number of benzene rings is 1. The number of piperidine rings is 1. The fourth-order valence-corrected chi connectivity index (χ4v) is 4.33. The van der Waals surface area contributed by atoms with Gasteiger partial charge < -0.3 is 18.9 Å². The van der Waals surface area contributed by atoms with Crippen molar-refractivity contribution >= 4 is 17.1 Å². The van der Waals surface area contributed by atoms with Crippen LogP contribution in [0.4, 0.5) is 13.6 Å². The van der Waals surface area contributed by atoms with Gasteiger partial charge in [0.2, 0.25) is 5.88 Å². The first-order valence-corrected chi connectivity index (χ1v) is 11.7. The molecule has 10 heteroatoms. The summed E-state index contributed by atoms with van der Waals surface area (Å²) in [7, 11) is 0. The van der Waals surface area contributed by atoms with Gasteiger partial charge in [-0.3, -0.25) is 4.98 Å². The van der Waals surface area contributed by atoms with Crippen molar-refractivity contribution in [3.63, 3.8) is 0 Å². The highest BCUT2D eigenvalue weighted by atomic mass is 19.3. The molecule has 0 unspecified atom stereocenters. The lowest BCUT2D eigenvalue weighted by Crippen LogP contribution is -2.40. The van der Waals surface area contributed by atoms with Crippen molar-refractivity contribution in [2.24, 2.45) is 0 Å². The maximum atomic E-state index is 13.6. The summed E-state index contributed by atoms with van der Waals surface area (Å²) >= 11 is 0. The molecule has 0 radical (unpaired) electrons. The molecule has 1 aliphatic heterocycles. The predicted octanol–water partition coefficient (Wildman–Crippen LogP) is 5.87. The molecule has 1 amide bonds. The predicted molar refractivity (Wildman–Crippen MR) is 128 cm³/mol. The molecular formula is C26H25F2N5O3. The normalized spacial score (nSPS) is 14.7. The van der Waals surface area contributed by atoms with Crippen LogP contribution in [0.2, 0.25) is 0 Å². The van der Waals surface area contributed by atoms with E-state index in [1.54, 1.807) is 17.2 Å². The highest BCUT2D eigenvalue weighted by Gasteiger charge is 2.28. The number of fused-ring (bicyclic) bond motifs is 1. The van der Waals surface area contributed by atoms with Crippen molar-refractivity contribution < 1.29 is 23.0 Å². The molecule has 0 bridgehead atoms. The van der Waals surface area contributed by atoms with Gasteiger partial charge in [-0.15, -0.1) is 0 Å². The summed E-state index contributed by atoms with van der Waals surface area (Å²) in [5.41, 5.74) is 1.31.